The van der Waals surface area contributed by atoms with Crippen LogP contribution in [0.4, 0.5) is 0 Å². The number of rotatable bonds is 1. The van der Waals surface area contributed by atoms with Gasteiger partial charge in [0.2, 0.25) is 0 Å². The number of oxime groups is 1. The maximum absolute atomic E-state index is 8.36. The van der Waals surface area contributed by atoms with Gasteiger partial charge in [0.05, 0.1) is 0 Å². The van der Waals surface area contributed by atoms with Crippen molar-refractivity contribution in [3.63, 3.8) is 0 Å². The van der Waals surface area contributed by atoms with E-state index in [0.717, 1.165) is 5.56 Å². The van der Waals surface area contributed by atoms with Crippen LogP contribution in [0.25, 0.3) is 0 Å². The van der Waals surface area contributed by atoms with Crippen LogP contribution in [0.5, 0.6) is 0 Å². The van der Waals surface area contributed by atoms with Gasteiger partial charge in [0.1, 0.15) is 0 Å². The molecule has 2 aromatic rings. The van der Waals surface area contributed by atoms with Crippen LogP contribution in [-0.2, 0) is 18.2 Å². The van der Waals surface area contributed by atoms with Crippen molar-refractivity contribution in [1.82, 2.24) is 4.98 Å². The van der Waals surface area contributed by atoms with Gasteiger partial charge in [0.25, 0.3) is 0 Å². The summed E-state index contributed by atoms with van der Waals surface area (Å²) in [4.78, 5) is 3.78. The summed E-state index contributed by atoms with van der Waals surface area (Å²) in [6, 6.07) is 16.0. The number of aromatic nitrogens is 1. The van der Waals surface area contributed by atoms with E-state index in [4.69, 9.17) is 5.21 Å². The SMILES string of the molecule is C/C(=N\O)c1[c-]cccc1.[Cl][Pd+].c1ccncc1. The molecule has 0 bridgehead atoms. The van der Waals surface area contributed by atoms with Crippen LogP contribution in [0.2, 0.25) is 0 Å². The van der Waals surface area contributed by atoms with Gasteiger partial charge in [0.15, 0.2) is 0 Å². The Bertz CT molecular complexity index is 397. The van der Waals surface area contributed by atoms with Crippen molar-refractivity contribution in [3.05, 3.63) is 66.5 Å². The Kier molecular flexibility index (Phi) is 11.4. The standard InChI is InChI=1S/C8H8NO.C5H5N.ClH.Pd/c1-7(9-10)8-5-3-2-4-6-8;1-2-4-6-5-3-1;;/h2-5,10H,1H3;1-5H;1H;/q-1;;;+2/p-1/b9-7+;;;. The van der Waals surface area contributed by atoms with E-state index in [1.807, 2.05) is 36.4 Å². The Morgan fingerprint density at radius 1 is 1.22 bits per heavy atom. The van der Waals surface area contributed by atoms with Gasteiger partial charge in [0, 0.05) is 18.1 Å². The molecule has 5 heteroatoms. The topological polar surface area (TPSA) is 45.5 Å². The molecule has 0 aliphatic carbocycles. The Balaban J connectivity index is 0.000000308. The molecule has 2 rings (SSSR count). The second kappa shape index (κ2) is 12.3. The van der Waals surface area contributed by atoms with Crippen LogP contribution in [0.3, 0.4) is 0 Å². The van der Waals surface area contributed by atoms with E-state index in [-0.39, 0.29) is 0 Å². The average molecular weight is 355 g/mol. The fourth-order valence-corrected chi connectivity index (χ4v) is 0.985. The molecule has 1 aromatic carbocycles. The summed E-state index contributed by atoms with van der Waals surface area (Å²) in [5.41, 5.74) is 1.41. The normalized spacial score (nSPS) is 9.44. The number of nitrogens with zero attached hydrogens (tertiary/aromatic N) is 2. The summed E-state index contributed by atoms with van der Waals surface area (Å²) in [5.74, 6) is 0. The van der Waals surface area contributed by atoms with Gasteiger partial charge in [-0.3, -0.25) is 4.98 Å². The molecule has 0 aliphatic rings. The van der Waals surface area contributed by atoms with Gasteiger partial charge in [-0.1, -0.05) is 13.0 Å². The van der Waals surface area contributed by atoms with Crippen LogP contribution < -0.4 is 0 Å². The van der Waals surface area contributed by atoms with Crippen molar-refractivity contribution in [1.29, 1.82) is 0 Å². The van der Waals surface area contributed by atoms with E-state index in [2.05, 4.69) is 43.9 Å². The smallest absolute Gasteiger partial charge is 0.0267 e. The minimum atomic E-state index is 0.584. The van der Waals surface area contributed by atoms with Gasteiger partial charge in [-0.2, -0.15) is 0 Å². The Morgan fingerprint density at radius 2 is 1.89 bits per heavy atom. The molecule has 98 valence electrons. The molecule has 1 aromatic heterocycles. The Morgan fingerprint density at radius 3 is 2.22 bits per heavy atom. The molecule has 0 unspecified atom stereocenters. The molecule has 0 saturated heterocycles. The minimum absolute atomic E-state index is 0.584. The van der Waals surface area contributed by atoms with Crippen LogP contribution in [-0.4, -0.2) is 15.9 Å². The van der Waals surface area contributed by atoms with Crippen molar-refractivity contribution in [2.75, 3.05) is 0 Å². The third kappa shape index (κ3) is 7.97. The Labute approximate surface area is 122 Å². The van der Waals surface area contributed by atoms with Crippen molar-refractivity contribution in [2.24, 2.45) is 5.16 Å². The molecule has 0 radical (unpaired) electrons. The first-order valence-electron chi connectivity index (χ1n) is 4.97. The first kappa shape index (κ1) is 16.8. The van der Waals surface area contributed by atoms with E-state index in [1.165, 1.54) is 0 Å². The molecule has 18 heavy (non-hydrogen) atoms. The largest absolute Gasteiger partial charge is 0.265 e. The summed E-state index contributed by atoms with van der Waals surface area (Å²) in [5, 5.41) is 11.4. The molecule has 0 atom stereocenters. The molecule has 0 fully saturated rings. The van der Waals surface area contributed by atoms with Crippen LogP contribution in [0.1, 0.15) is 12.5 Å². The zero-order valence-corrected chi connectivity index (χ0v) is 12.0. The van der Waals surface area contributed by atoms with Gasteiger partial charge >= 0.3 is 27.7 Å². The van der Waals surface area contributed by atoms with E-state index in [0.29, 0.717) is 5.71 Å². The summed E-state index contributed by atoms with van der Waals surface area (Å²) in [6.45, 7) is 1.73. The average Bonchev–Trinajstić information content (AvgIpc) is 2.52. The number of benzene rings is 1. The molecule has 1 N–H and O–H groups in total. The van der Waals surface area contributed by atoms with Crippen molar-refractivity contribution < 1.29 is 23.4 Å². The van der Waals surface area contributed by atoms with Gasteiger partial charge in [-0.05, 0) is 12.1 Å². The van der Waals surface area contributed by atoms with Crippen molar-refractivity contribution in [2.45, 2.75) is 6.92 Å². The van der Waals surface area contributed by atoms with E-state index < -0.39 is 0 Å². The first-order chi connectivity index (χ1) is 8.84. The predicted molar refractivity (Wildman–Crippen MR) is 69.4 cm³/mol. The monoisotopic (exact) mass is 354 g/mol. The molecule has 3 nitrogen and oxygen atoms in total. The fraction of sp³-hybridized carbons (Fsp3) is 0.0769. The fourth-order valence-electron chi connectivity index (χ4n) is 0.985. The van der Waals surface area contributed by atoms with Crippen molar-refractivity contribution in [3.8, 4) is 0 Å². The van der Waals surface area contributed by atoms with Crippen LogP contribution in [0, 0.1) is 6.07 Å². The third-order valence-corrected chi connectivity index (χ3v) is 1.82. The summed E-state index contributed by atoms with van der Waals surface area (Å²) >= 11 is 2.22. The zero-order chi connectivity index (χ0) is 13.6. The molecular weight excluding hydrogens is 342 g/mol. The van der Waals surface area contributed by atoms with Gasteiger partial charge in [-0.15, -0.1) is 41.1 Å². The van der Waals surface area contributed by atoms with Gasteiger partial charge < -0.3 is 5.21 Å². The molecule has 0 spiro atoms. The van der Waals surface area contributed by atoms with E-state index in [9.17, 15) is 0 Å². The predicted octanol–water partition coefficient (Wildman–Crippen LogP) is 3.45. The number of pyridine rings is 1. The summed E-state index contributed by atoms with van der Waals surface area (Å²) < 4.78 is 0. The third-order valence-electron chi connectivity index (χ3n) is 1.82. The second-order valence-electron chi connectivity index (χ2n) is 2.99. The maximum atomic E-state index is 8.36. The number of hydrogen-bond donors (Lipinski definition) is 1. The minimum Gasteiger partial charge on any atom is -0.265 e. The van der Waals surface area contributed by atoms with Crippen LogP contribution >= 0.6 is 9.53 Å². The van der Waals surface area contributed by atoms with Gasteiger partial charge in [-0.25, -0.2) is 0 Å². The van der Waals surface area contributed by atoms with Crippen molar-refractivity contribution >= 4 is 15.2 Å². The van der Waals surface area contributed by atoms with Crippen LogP contribution in [0.15, 0.2) is 60.0 Å². The summed E-state index contributed by atoms with van der Waals surface area (Å²) in [7, 11) is 4.49. The molecule has 1 heterocycles. The second-order valence-corrected chi connectivity index (χ2v) is 2.99. The maximum Gasteiger partial charge on any atom is 0.0267 e. The zero-order valence-electron chi connectivity index (χ0n) is 9.73. The first-order valence-corrected chi connectivity index (χ1v) is 6.97. The molecule has 0 amide bonds. The molecule has 0 saturated carbocycles. The quantitative estimate of drug-likeness (QED) is 0.280. The molecular formula is C13H13ClN2OPd. The number of hydrogen-bond acceptors (Lipinski definition) is 3. The van der Waals surface area contributed by atoms with E-state index in [1.54, 1.807) is 25.4 Å². The van der Waals surface area contributed by atoms with E-state index >= 15 is 0 Å². The summed E-state index contributed by atoms with van der Waals surface area (Å²) in [6.07, 6.45) is 3.50. The number of halogens is 1. The Hall–Kier alpha value is -1.21. The molecule has 0 aliphatic heterocycles.